The van der Waals surface area contributed by atoms with E-state index < -0.39 is 0 Å². The lowest BCUT2D eigenvalue weighted by atomic mass is 10.1. The monoisotopic (exact) mass is 222 g/mol. The fourth-order valence-corrected chi connectivity index (χ4v) is 1.27. The summed E-state index contributed by atoms with van der Waals surface area (Å²) in [5.74, 6) is 0.226. The smallest absolute Gasteiger partial charge is 0.337 e. The third kappa shape index (κ3) is 4.03. The summed E-state index contributed by atoms with van der Waals surface area (Å²) < 4.78 is 10.1. The summed E-state index contributed by atoms with van der Waals surface area (Å²) in [7, 11) is 1.38. The van der Waals surface area contributed by atoms with Gasteiger partial charge in [-0.25, -0.2) is 4.79 Å². The molecule has 0 saturated carbocycles. The maximum absolute atomic E-state index is 11.2. The van der Waals surface area contributed by atoms with E-state index in [-0.39, 0.29) is 5.97 Å². The zero-order valence-electron chi connectivity index (χ0n) is 10.0. The highest BCUT2D eigenvalue weighted by Gasteiger charge is 2.04. The Balaban J connectivity index is 2.48. The Bertz CT molecular complexity index is 328. The SMILES string of the molecule is COC(=O)c1ccc(COCC(C)C)cc1. The van der Waals surface area contributed by atoms with Gasteiger partial charge < -0.3 is 9.47 Å². The molecular weight excluding hydrogens is 204 g/mol. The molecule has 3 heteroatoms. The van der Waals surface area contributed by atoms with Gasteiger partial charge in [-0.2, -0.15) is 0 Å². The summed E-state index contributed by atoms with van der Waals surface area (Å²) in [5, 5.41) is 0. The maximum Gasteiger partial charge on any atom is 0.337 e. The van der Waals surface area contributed by atoms with E-state index in [0.717, 1.165) is 12.2 Å². The van der Waals surface area contributed by atoms with E-state index in [1.54, 1.807) is 12.1 Å². The number of methoxy groups -OCH3 is 1. The van der Waals surface area contributed by atoms with Gasteiger partial charge >= 0.3 is 5.97 Å². The van der Waals surface area contributed by atoms with Crippen LogP contribution in [-0.4, -0.2) is 19.7 Å². The van der Waals surface area contributed by atoms with E-state index in [1.807, 2.05) is 12.1 Å². The fraction of sp³-hybridized carbons (Fsp3) is 0.462. The summed E-state index contributed by atoms with van der Waals surface area (Å²) >= 11 is 0. The molecule has 0 fully saturated rings. The fourth-order valence-electron chi connectivity index (χ4n) is 1.27. The first-order valence-corrected chi connectivity index (χ1v) is 5.38. The third-order valence-corrected chi connectivity index (χ3v) is 2.09. The van der Waals surface area contributed by atoms with Crippen molar-refractivity contribution in [3.05, 3.63) is 35.4 Å². The van der Waals surface area contributed by atoms with Crippen LogP contribution in [0.5, 0.6) is 0 Å². The maximum atomic E-state index is 11.2. The van der Waals surface area contributed by atoms with Gasteiger partial charge in [0.2, 0.25) is 0 Å². The van der Waals surface area contributed by atoms with Crippen LogP contribution in [0.4, 0.5) is 0 Å². The number of hydrogen-bond donors (Lipinski definition) is 0. The molecule has 1 aromatic carbocycles. The first-order chi connectivity index (χ1) is 7.63. The standard InChI is InChI=1S/C13H18O3/c1-10(2)8-16-9-11-4-6-12(7-5-11)13(14)15-3/h4-7,10H,8-9H2,1-3H3. The molecule has 88 valence electrons. The Kier molecular flexibility index (Phi) is 4.99. The highest BCUT2D eigenvalue weighted by Crippen LogP contribution is 2.07. The Labute approximate surface area is 96.4 Å². The van der Waals surface area contributed by atoms with Crippen molar-refractivity contribution in [2.75, 3.05) is 13.7 Å². The minimum atomic E-state index is -0.311. The molecule has 0 heterocycles. The summed E-state index contributed by atoms with van der Waals surface area (Å²) in [4.78, 5) is 11.2. The minimum absolute atomic E-state index is 0.311. The van der Waals surface area contributed by atoms with E-state index in [2.05, 4.69) is 18.6 Å². The van der Waals surface area contributed by atoms with Crippen molar-refractivity contribution in [2.45, 2.75) is 20.5 Å². The summed E-state index contributed by atoms with van der Waals surface area (Å²) in [6.45, 7) is 5.55. The van der Waals surface area contributed by atoms with Crippen molar-refractivity contribution in [3.63, 3.8) is 0 Å². The Morgan fingerprint density at radius 3 is 2.38 bits per heavy atom. The second-order valence-electron chi connectivity index (χ2n) is 4.10. The van der Waals surface area contributed by atoms with Crippen LogP contribution >= 0.6 is 0 Å². The van der Waals surface area contributed by atoms with Gasteiger partial charge in [-0.3, -0.25) is 0 Å². The van der Waals surface area contributed by atoms with Gasteiger partial charge in [0.05, 0.1) is 19.3 Å². The molecule has 0 aliphatic rings. The molecule has 0 saturated heterocycles. The predicted molar refractivity (Wildman–Crippen MR) is 62.3 cm³/mol. The second-order valence-corrected chi connectivity index (χ2v) is 4.10. The van der Waals surface area contributed by atoms with Gasteiger partial charge in [0, 0.05) is 6.61 Å². The average molecular weight is 222 g/mol. The van der Waals surface area contributed by atoms with E-state index >= 15 is 0 Å². The number of carbonyl (C=O) groups is 1. The van der Waals surface area contributed by atoms with Crippen molar-refractivity contribution in [1.82, 2.24) is 0 Å². The van der Waals surface area contributed by atoms with Gasteiger partial charge in [0.15, 0.2) is 0 Å². The molecule has 16 heavy (non-hydrogen) atoms. The molecule has 0 aliphatic heterocycles. The van der Waals surface area contributed by atoms with Gasteiger partial charge in [0.25, 0.3) is 0 Å². The molecule has 0 N–H and O–H groups in total. The Hall–Kier alpha value is -1.35. The van der Waals surface area contributed by atoms with Crippen molar-refractivity contribution < 1.29 is 14.3 Å². The lowest BCUT2D eigenvalue weighted by Crippen LogP contribution is -2.03. The van der Waals surface area contributed by atoms with Gasteiger partial charge in [0.1, 0.15) is 0 Å². The topological polar surface area (TPSA) is 35.5 Å². The van der Waals surface area contributed by atoms with Crippen molar-refractivity contribution >= 4 is 5.97 Å². The molecule has 0 aliphatic carbocycles. The highest BCUT2D eigenvalue weighted by molar-refractivity contribution is 5.89. The second kappa shape index (κ2) is 6.28. The number of benzene rings is 1. The lowest BCUT2D eigenvalue weighted by Gasteiger charge is -2.07. The molecule has 0 amide bonds. The van der Waals surface area contributed by atoms with Crippen LogP contribution < -0.4 is 0 Å². The van der Waals surface area contributed by atoms with E-state index in [4.69, 9.17) is 4.74 Å². The summed E-state index contributed by atoms with van der Waals surface area (Å²) in [6.07, 6.45) is 0. The van der Waals surface area contributed by atoms with Crippen LogP contribution in [-0.2, 0) is 16.1 Å². The van der Waals surface area contributed by atoms with Gasteiger partial charge in [-0.15, -0.1) is 0 Å². The van der Waals surface area contributed by atoms with Crippen LogP contribution in [0.15, 0.2) is 24.3 Å². The van der Waals surface area contributed by atoms with Crippen molar-refractivity contribution in [3.8, 4) is 0 Å². The quantitative estimate of drug-likeness (QED) is 0.718. The number of hydrogen-bond acceptors (Lipinski definition) is 3. The molecule has 0 radical (unpaired) electrons. The largest absolute Gasteiger partial charge is 0.465 e. The van der Waals surface area contributed by atoms with Gasteiger partial charge in [-0.05, 0) is 23.6 Å². The highest BCUT2D eigenvalue weighted by atomic mass is 16.5. The van der Waals surface area contributed by atoms with Crippen LogP contribution in [0.25, 0.3) is 0 Å². The first kappa shape index (κ1) is 12.7. The number of ether oxygens (including phenoxy) is 2. The number of esters is 1. The first-order valence-electron chi connectivity index (χ1n) is 5.38. The molecule has 0 bridgehead atoms. The molecule has 1 aromatic rings. The number of rotatable bonds is 5. The molecular formula is C13H18O3. The molecule has 0 unspecified atom stereocenters. The third-order valence-electron chi connectivity index (χ3n) is 2.09. The zero-order chi connectivity index (χ0) is 12.0. The van der Waals surface area contributed by atoms with E-state index in [1.165, 1.54) is 7.11 Å². The van der Waals surface area contributed by atoms with Crippen molar-refractivity contribution in [1.29, 1.82) is 0 Å². The molecule has 0 aromatic heterocycles. The Morgan fingerprint density at radius 2 is 1.88 bits per heavy atom. The predicted octanol–water partition coefficient (Wildman–Crippen LogP) is 2.65. The van der Waals surface area contributed by atoms with Crippen molar-refractivity contribution in [2.24, 2.45) is 5.92 Å². The molecule has 0 atom stereocenters. The lowest BCUT2D eigenvalue weighted by molar-refractivity contribution is 0.0600. The van der Waals surface area contributed by atoms with Crippen LogP contribution in [0, 0.1) is 5.92 Å². The zero-order valence-corrected chi connectivity index (χ0v) is 10.0. The van der Waals surface area contributed by atoms with Crippen LogP contribution in [0.1, 0.15) is 29.8 Å². The average Bonchev–Trinajstić information content (AvgIpc) is 2.28. The molecule has 3 nitrogen and oxygen atoms in total. The minimum Gasteiger partial charge on any atom is -0.465 e. The Morgan fingerprint density at radius 1 is 1.25 bits per heavy atom. The summed E-state index contributed by atoms with van der Waals surface area (Å²) in [6, 6.07) is 7.26. The van der Waals surface area contributed by atoms with Crippen LogP contribution in [0.3, 0.4) is 0 Å². The van der Waals surface area contributed by atoms with E-state index in [9.17, 15) is 4.79 Å². The summed E-state index contributed by atoms with van der Waals surface area (Å²) in [5.41, 5.74) is 1.63. The molecule has 1 rings (SSSR count). The van der Waals surface area contributed by atoms with Gasteiger partial charge in [-0.1, -0.05) is 26.0 Å². The van der Waals surface area contributed by atoms with Crippen LogP contribution in [0.2, 0.25) is 0 Å². The van der Waals surface area contributed by atoms with E-state index in [0.29, 0.717) is 18.1 Å². The number of carbonyl (C=O) groups excluding carboxylic acids is 1. The molecule has 0 spiro atoms. The normalized spacial score (nSPS) is 10.5.